The van der Waals surface area contributed by atoms with E-state index in [1.165, 1.54) is 18.2 Å². The average Bonchev–Trinajstić information content (AvgIpc) is 2.67. The molecule has 152 valence electrons. The van der Waals surface area contributed by atoms with Crippen LogP contribution in [0.3, 0.4) is 0 Å². The number of carbonyl (C=O) groups is 1. The van der Waals surface area contributed by atoms with Crippen LogP contribution in [0.5, 0.6) is 0 Å². The quantitative estimate of drug-likeness (QED) is 0.267. The summed E-state index contributed by atoms with van der Waals surface area (Å²) in [6.07, 6.45) is 2.57. The molecule has 0 radical (unpaired) electrons. The Labute approximate surface area is 179 Å². The topological polar surface area (TPSA) is 72.0 Å². The van der Waals surface area contributed by atoms with E-state index in [0.717, 1.165) is 32.0 Å². The highest BCUT2D eigenvalue weighted by Crippen LogP contribution is 2.33. The monoisotopic (exact) mass is 489 g/mol. The number of guanidine groups is 1. The van der Waals surface area contributed by atoms with Crippen LogP contribution in [0, 0.1) is 12.8 Å². The van der Waals surface area contributed by atoms with Gasteiger partial charge in [-0.15, -0.1) is 24.0 Å². The number of carbonyl (C=O) groups excluding carboxylic acids is 1. The minimum absolute atomic E-state index is 0. The number of rotatable bonds is 7. The summed E-state index contributed by atoms with van der Waals surface area (Å²) in [4.78, 5) is 16.0. The summed E-state index contributed by atoms with van der Waals surface area (Å²) in [5.74, 6) is 0.848. The molecule has 1 aliphatic rings. The highest BCUT2D eigenvalue weighted by Gasteiger charge is 2.27. The highest BCUT2D eigenvalue weighted by molar-refractivity contribution is 14.0. The van der Waals surface area contributed by atoms with Gasteiger partial charge in [-0.05, 0) is 32.3 Å². The van der Waals surface area contributed by atoms with E-state index in [1.54, 1.807) is 0 Å². The second-order valence-corrected chi connectivity index (χ2v) is 6.58. The Morgan fingerprint density at radius 2 is 2.04 bits per heavy atom. The number of hydrogen-bond acceptors (Lipinski definition) is 4. The summed E-state index contributed by atoms with van der Waals surface area (Å²) in [6.45, 7) is 6.88. The second-order valence-electron chi connectivity index (χ2n) is 6.58. The summed E-state index contributed by atoms with van der Waals surface area (Å²) in [5, 5.41) is 6.41. The van der Waals surface area contributed by atoms with Gasteiger partial charge in [-0.3, -0.25) is 9.79 Å². The van der Waals surface area contributed by atoms with Gasteiger partial charge in [0.25, 0.3) is 0 Å². The van der Waals surface area contributed by atoms with Gasteiger partial charge in [-0.1, -0.05) is 29.8 Å². The number of nitrogens with zero attached hydrogens (tertiary/aromatic N) is 1. The third kappa shape index (κ3) is 8.04. The maximum absolute atomic E-state index is 11.2. The van der Waals surface area contributed by atoms with Crippen LogP contribution in [-0.4, -0.2) is 45.3 Å². The van der Waals surface area contributed by atoms with Gasteiger partial charge in [0.15, 0.2) is 5.96 Å². The van der Waals surface area contributed by atoms with Gasteiger partial charge in [0, 0.05) is 32.2 Å². The van der Waals surface area contributed by atoms with E-state index < -0.39 is 0 Å². The maximum atomic E-state index is 11.2. The van der Waals surface area contributed by atoms with Gasteiger partial charge in [0.05, 0.1) is 19.6 Å². The molecule has 2 unspecified atom stereocenters. The predicted octanol–water partition coefficient (Wildman–Crippen LogP) is 3.20. The minimum Gasteiger partial charge on any atom is -0.469 e. The SMILES string of the molecule is CCNC(=NCC1CCCOC1c1ccc(C)cc1)NCCC(=O)OC.I. The van der Waals surface area contributed by atoms with E-state index in [2.05, 4.69) is 46.6 Å². The molecular formula is C20H32IN3O3. The number of aliphatic imine (C=N–C) groups is 1. The Morgan fingerprint density at radius 1 is 1.30 bits per heavy atom. The van der Waals surface area contributed by atoms with Crippen LogP contribution in [0.2, 0.25) is 0 Å². The van der Waals surface area contributed by atoms with Crippen LogP contribution in [-0.2, 0) is 14.3 Å². The summed E-state index contributed by atoms with van der Waals surface area (Å²) in [7, 11) is 1.40. The van der Waals surface area contributed by atoms with E-state index in [-0.39, 0.29) is 36.0 Å². The lowest BCUT2D eigenvalue weighted by atomic mass is 9.89. The molecule has 0 saturated carbocycles. The molecule has 0 bridgehead atoms. The van der Waals surface area contributed by atoms with Crippen molar-refractivity contribution in [3.63, 3.8) is 0 Å². The Balaban J connectivity index is 0.00000364. The summed E-state index contributed by atoms with van der Waals surface area (Å²) in [6, 6.07) is 8.57. The number of halogens is 1. The van der Waals surface area contributed by atoms with E-state index >= 15 is 0 Å². The van der Waals surface area contributed by atoms with E-state index in [4.69, 9.17) is 9.73 Å². The number of esters is 1. The van der Waals surface area contributed by atoms with Crippen LogP contribution in [0.4, 0.5) is 0 Å². The molecule has 1 fully saturated rings. The molecule has 1 saturated heterocycles. The number of hydrogen-bond donors (Lipinski definition) is 2. The minimum atomic E-state index is -0.228. The number of benzene rings is 1. The van der Waals surface area contributed by atoms with Crippen LogP contribution in [0.15, 0.2) is 29.3 Å². The normalized spacial score (nSPS) is 19.7. The van der Waals surface area contributed by atoms with E-state index in [1.807, 2.05) is 6.92 Å². The Morgan fingerprint density at radius 3 is 2.70 bits per heavy atom. The molecule has 2 rings (SSSR count). The fourth-order valence-corrected chi connectivity index (χ4v) is 3.09. The summed E-state index contributed by atoms with van der Waals surface area (Å²) >= 11 is 0. The van der Waals surface area contributed by atoms with Gasteiger partial charge in [0.1, 0.15) is 0 Å². The van der Waals surface area contributed by atoms with Crippen molar-refractivity contribution in [3.8, 4) is 0 Å². The molecule has 1 aromatic rings. The standard InChI is InChI=1S/C20H31N3O3.HI/c1-4-21-20(22-12-11-18(24)25-3)23-14-17-6-5-13-26-19(17)16-9-7-15(2)8-10-16;/h7-10,17,19H,4-6,11-14H2,1-3H3,(H2,21,22,23);1H. The third-order valence-corrected chi connectivity index (χ3v) is 4.53. The molecule has 2 N–H and O–H groups in total. The predicted molar refractivity (Wildman–Crippen MR) is 119 cm³/mol. The molecule has 27 heavy (non-hydrogen) atoms. The van der Waals surface area contributed by atoms with Crippen molar-refractivity contribution in [3.05, 3.63) is 35.4 Å². The van der Waals surface area contributed by atoms with Gasteiger partial charge >= 0.3 is 5.97 Å². The smallest absolute Gasteiger partial charge is 0.307 e. The lowest BCUT2D eigenvalue weighted by Crippen LogP contribution is -2.39. The number of aryl methyl sites for hydroxylation is 1. The summed E-state index contributed by atoms with van der Waals surface area (Å²) in [5.41, 5.74) is 2.47. The van der Waals surface area contributed by atoms with Crippen LogP contribution in [0.1, 0.15) is 43.4 Å². The van der Waals surface area contributed by atoms with Crippen molar-refractivity contribution in [2.24, 2.45) is 10.9 Å². The van der Waals surface area contributed by atoms with Crippen molar-refractivity contribution in [2.45, 2.75) is 39.2 Å². The molecular weight excluding hydrogens is 457 g/mol. The van der Waals surface area contributed by atoms with Crippen molar-refractivity contribution in [2.75, 3.05) is 33.4 Å². The average molecular weight is 489 g/mol. The first-order valence-corrected chi connectivity index (χ1v) is 9.41. The van der Waals surface area contributed by atoms with Gasteiger partial charge in [0.2, 0.25) is 0 Å². The molecule has 0 spiro atoms. The van der Waals surface area contributed by atoms with Crippen LogP contribution in [0.25, 0.3) is 0 Å². The lowest BCUT2D eigenvalue weighted by molar-refractivity contribution is -0.140. The first-order valence-electron chi connectivity index (χ1n) is 9.41. The fourth-order valence-electron chi connectivity index (χ4n) is 3.09. The van der Waals surface area contributed by atoms with Crippen molar-refractivity contribution in [1.29, 1.82) is 0 Å². The second kappa shape index (κ2) is 12.9. The van der Waals surface area contributed by atoms with Crippen molar-refractivity contribution >= 4 is 35.9 Å². The zero-order valence-corrected chi connectivity index (χ0v) is 18.8. The summed E-state index contributed by atoms with van der Waals surface area (Å²) < 4.78 is 10.7. The molecule has 1 heterocycles. The maximum Gasteiger partial charge on any atom is 0.307 e. The number of methoxy groups -OCH3 is 1. The molecule has 1 aliphatic heterocycles. The van der Waals surface area contributed by atoms with Crippen LogP contribution >= 0.6 is 24.0 Å². The van der Waals surface area contributed by atoms with Crippen LogP contribution < -0.4 is 10.6 Å². The zero-order chi connectivity index (χ0) is 18.8. The lowest BCUT2D eigenvalue weighted by Gasteiger charge is -2.31. The molecule has 6 nitrogen and oxygen atoms in total. The van der Waals surface area contributed by atoms with Crippen molar-refractivity contribution in [1.82, 2.24) is 10.6 Å². The largest absolute Gasteiger partial charge is 0.469 e. The van der Waals surface area contributed by atoms with Gasteiger partial charge in [-0.2, -0.15) is 0 Å². The fraction of sp³-hybridized carbons (Fsp3) is 0.600. The molecule has 0 aliphatic carbocycles. The number of nitrogens with one attached hydrogen (secondary N) is 2. The first kappa shape index (κ1) is 23.7. The molecule has 2 atom stereocenters. The molecule has 1 aromatic carbocycles. The highest BCUT2D eigenvalue weighted by atomic mass is 127. The molecule has 7 heteroatoms. The Bertz CT molecular complexity index is 593. The van der Waals surface area contributed by atoms with E-state index in [0.29, 0.717) is 25.4 Å². The molecule has 0 amide bonds. The zero-order valence-electron chi connectivity index (χ0n) is 16.5. The van der Waals surface area contributed by atoms with Gasteiger partial charge in [-0.25, -0.2) is 0 Å². The van der Waals surface area contributed by atoms with E-state index in [9.17, 15) is 4.79 Å². The Kier molecular flexibility index (Phi) is 11.3. The third-order valence-electron chi connectivity index (χ3n) is 4.53. The van der Waals surface area contributed by atoms with Crippen molar-refractivity contribution < 1.29 is 14.3 Å². The number of ether oxygens (including phenoxy) is 2. The first-order chi connectivity index (χ1) is 12.6. The van der Waals surface area contributed by atoms with Gasteiger partial charge < -0.3 is 20.1 Å². The molecule has 0 aromatic heterocycles. The Hall–Kier alpha value is -1.35.